The maximum Gasteiger partial charge on any atom is 0.318 e. The molecule has 0 saturated carbocycles. The summed E-state index contributed by atoms with van der Waals surface area (Å²) in [6.45, 7) is 19.7. The van der Waals surface area contributed by atoms with Gasteiger partial charge in [0.05, 0.1) is 11.8 Å². The Kier molecular flexibility index (Phi) is 8.55. The highest BCUT2D eigenvalue weighted by Crippen LogP contribution is 2.39. The maximum absolute atomic E-state index is 12.1. The largest absolute Gasteiger partial charge is 0.437 e. The fraction of sp³-hybridized carbons (Fsp3) is 0.810. The number of hydrogen-bond donors (Lipinski definition) is 0. The van der Waals surface area contributed by atoms with E-state index in [2.05, 4.69) is 65.0 Å². The number of carbonyl (C=O) groups is 2. The predicted octanol–water partition coefficient (Wildman–Crippen LogP) is 5.54. The van der Waals surface area contributed by atoms with Crippen LogP contribution >= 0.6 is 0 Å². The first-order chi connectivity index (χ1) is 14.0. The molecule has 0 bridgehead atoms. The van der Waals surface area contributed by atoms with Gasteiger partial charge in [-0.2, -0.15) is 0 Å². The number of allylic oxidation sites excluding steroid dienone is 2. The third-order valence-electron chi connectivity index (χ3n) is 5.40. The minimum atomic E-state index is -2.40. The molecule has 1 aliphatic heterocycles. The number of hydrogen-bond acceptors (Lipinski definition) is 6. The van der Waals surface area contributed by atoms with E-state index in [9.17, 15) is 9.59 Å². The molecule has 1 aliphatic carbocycles. The summed E-state index contributed by atoms with van der Waals surface area (Å²) < 4.78 is 24.7. The summed E-state index contributed by atoms with van der Waals surface area (Å²) in [6.07, 6.45) is 7.58. The topological polar surface area (TPSA) is 71.1 Å². The standard InChI is InChI=1S/C21H42O6Si4/c1-28(2,3)25-30(7,8)27-31(9,26-29(4,5)6)16-11-10-13-17-14-12-15-18-19(17)21(23)24-20(18)22/h12,14,17-19H,10-11,13,15-16H2,1-9H3. The van der Waals surface area contributed by atoms with Crippen LogP contribution in [0, 0.1) is 17.8 Å². The average Bonchev–Trinajstić information content (AvgIpc) is 2.82. The van der Waals surface area contributed by atoms with Crippen molar-refractivity contribution in [3.05, 3.63) is 12.2 Å². The fourth-order valence-electron chi connectivity index (χ4n) is 4.94. The van der Waals surface area contributed by atoms with Gasteiger partial charge in [-0.25, -0.2) is 0 Å². The Labute approximate surface area is 192 Å². The van der Waals surface area contributed by atoms with Gasteiger partial charge in [0, 0.05) is 0 Å². The van der Waals surface area contributed by atoms with Crippen molar-refractivity contribution < 1.29 is 26.7 Å². The maximum atomic E-state index is 12.1. The minimum absolute atomic E-state index is 0.0884. The summed E-state index contributed by atoms with van der Waals surface area (Å²) in [6, 6.07) is 0.913. The summed E-state index contributed by atoms with van der Waals surface area (Å²) in [5.74, 6) is -1.19. The number of cyclic esters (lactones) is 2. The Morgan fingerprint density at radius 1 is 0.871 bits per heavy atom. The number of ether oxygens (including phenoxy) is 1. The first kappa shape index (κ1) is 26.9. The van der Waals surface area contributed by atoms with Gasteiger partial charge in [-0.1, -0.05) is 25.0 Å². The molecule has 1 heterocycles. The van der Waals surface area contributed by atoms with Gasteiger partial charge >= 0.3 is 29.1 Å². The SMILES string of the molecule is C[Si](C)(C)O[Si](C)(C)O[Si](C)(CCCCC1C=CCC2C(=O)OC(=O)C12)O[Si](C)(C)C. The van der Waals surface area contributed by atoms with Gasteiger partial charge in [0.1, 0.15) is 0 Å². The lowest BCUT2D eigenvalue weighted by molar-refractivity contribution is -0.154. The van der Waals surface area contributed by atoms with Crippen LogP contribution in [-0.2, 0) is 26.7 Å². The van der Waals surface area contributed by atoms with E-state index in [1.807, 2.05) is 6.08 Å². The van der Waals surface area contributed by atoms with Gasteiger partial charge in [0.25, 0.3) is 0 Å². The molecule has 6 nitrogen and oxygen atoms in total. The molecular formula is C21H42O6Si4. The number of fused-ring (bicyclic) bond motifs is 1. The van der Waals surface area contributed by atoms with Crippen molar-refractivity contribution in [2.75, 3.05) is 0 Å². The number of esters is 2. The highest BCUT2D eigenvalue weighted by Gasteiger charge is 2.48. The van der Waals surface area contributed by atoms with Crippen molar-refractivity contribution in [2.24, 2.45) is 17.8 Å². The fourth-order valence-corrected chi connectivity index (χ4v) is 23.0. The summed E-state index contributed by atoms with van der Waals surface area (Å²) in [7, 11) is -8.16. The molecule has 4 unspecified atom stereocenters. The van der Waals surface area contributed by atoms with E-state index >= 15 is 0 Å². The van der Waals surface area contributed by atoms with Crippen LogP contribution in [0.1, 0.15) is 25.7 Å². The van der Waals surface area contributed by atoms with E-state index in [1.54, 1.807) is 0 Å². The zero-order chi connectivity index (χ0) is 23.7. The summed E-state index contributed by atoms with van der Waals surface area (Å²) in [4.78, 5) is 24.0. The lowest BCUT2D eigenvalue weighted by atomic mass is 9.75. The quantitative estimate of drug-likeness (QED) is 0.121. The van der Waals surface area contributed by atoms with Crippen molar-refractivity contribution in [1.29, 1.82) is 0 Å². The van der Waals surface area contributed by atoms with E-state index in [1.165, 1.54) is 0 Å². The second-order valence-corrected chi connectivity index (χ2v) is 28.0. The molecule has 0 spiro atoms. The Morgan fingerprint density at radius 3 is 2.06 bits per heavy atom. The highest BCUT2D eigenvalue weighted by atomic mass is 28.5. The molecule has 2 rings (SSSR count). The smallest absolute Gasteiger partial charge is 0.318 e. The van der Waals surface area contributed by atoms with Crippen LogP contribution in [0.2, 0.25) is 65.0 Å². The van der Waals surface area contributed by atoms with E-state index < -0.39 is 33.8 Å². The number of unbranched alkanes of at least 4 members (excludes halogenated alkanes) is 1. The van der Waals surface area contributed by atoms with E-state index in [0.717, 1.165) is 25.3 Å². The molecular weight excluding hydrogens is 461 g/mol. The summed E-state index contributed by atoms with van der Waals surface area (Å²) in [5.41, 5.74) is 0. The van der Waals surface area contributed by atoms with Crippen LogP contribution in [0.3, 0.4) is 0 Å². The third-order valence-corrected chi connectivity index (χ3v) is 18.9. The molecule has 0 aromatic carbocycles. The van der Waals surface area contributed by atoms with Crippen LogP contribution in [0.25, 0.3) is 0 Å². The van der Waals surface area contributed by atoms with Crippen molar-refractivity contribution in [3.63, 3.8) is 0 Å². The molecule has 1 saturated heterocycles. The molecule has 2 aliphatic rings. The summed E-state index contributed by atoms with van der Waals surface area (Å²) in [5, 5.41) is 0. The molecule has 0 aromatic rings. The van der Waals surface area contributed by atoms with Crippen LogP contribution in [0.15, 0.2) is 12.2 Å². The van der Waals surface area contributed by atoms with E-state index in [0.29, 0.717) is 6.42 Å². The van der Waals surface area contributed by atoms with Gasteiger partial charge < -0.3 is 17.1 Å². The molecule has 0 amide bonds. The zero-order valence-electron chi connectivity index (χ0n) is 20.9. The molecule has 10 heteroatoms. The van der Waals surface area contributed by atoms with Crippen molar-refractivity contribution in [1.82, 2.24) is 0 Å². The lowest BCUT2D eigenvalue weighted by Crippen LogP contribution is -2.56. The monoisotopic (exact) mass is 502 g/mol. The lowest BCUT2D eigenvalue weighted by Gasteiger charge is -2.41. The minimum Gasteiger partial charge on any atom is -0.437 e. The normalized spacial score (nSPS) is 26.5. The van der Waals surface area contributed by atoms with Crippen molar-refractivity contribution >= 4 is 45.7 Å². The number of rotatable bonds is 11. The molecule has 31 heavy (non-hydrogen) atoms. The van der Waals surface area contributed by atoms with Gasteiger partial charge in [-0.05, 0) is 83.7 Å². The van der Waals surface area contributed by atoms with E-state index in [4.69, 9.17) is 17.1 Å². The second-order valence-electron chi connectivity index (χ2n) is 11.5. The van der Waals surface area contributed by atoms with Gasteiger partial charge in [0.2, 0.25) is 0 Å². The van der Waals surface area contributed by atoms with E-state index in [-0.39, 0.29) is 29.7 Å². The Morgan fingerprint density at radius 2 is 1.48 bits per heavy atom. The van der Waals surface area contributed by atoms with Crippen LogP contribution in [0.4, 0.5) is 0 Å². The Balaban J connectivity index is 1.97. The first-order valence-corrected chi connectivity index (χ1v) is 23.7. The Bertz CT molecular complexity index is 697. The van der Waals surface area contributed by atoms with Gasteiger partial charge in [-0.15, -0.1) is 0 Å². The second kappa shape index (κ2) is 9.86. The molecule has 1 fully saturated rings. The molecule has 4 atom stereocenters. The van der Waals surface area contributed by atoms with Crippen LogP contribution in [-0.4, -0.2) is 45.7 Å². The first-order valence-electron chi connectivity index (χ1n) is 11.5. The van der Waals surface area contributed by atoms with Crippen molar-refractivity contribution in [3.8, 4) is 0 Å². The number of carbonyl (C=O) groups excluding carboxylic acids is 2. The average molecular weight is 503 g/mol. The highest BCUT2D eigenvalue weighted by molar-refractivity contribution is 6.89. The van der Waals surface area contributed by atoms with Gasteiger partial charge in [0.15, 0.2) is 16.6 Å². The molecule has 178 valence electrons. The van der Waals surface area contributed by atoms with Crippen LogP contribution < -0.4 is 0 Å². The van der Waals surface area contributed by atoms with Crippen molar-refractivity contribution in [2.45, 2.75) is 90.7 Å². The molecule has 0 radical (unpaired) electrons. The van der Waals surface area contributed by atoms with Crippen LogP contribution in [0.5, 0.6) is 0 Å². The predicted molar refractivity (Wildman–Crippen MR) is 133 cm³/mol. The molecule has 0 aromatic heterocycles. The molecule has 0 N–H and O–H groups in total. The summed E-state index contributed by atoms with van der Waals surface area (Å²) >= 11 is 0. The van der Waals surface area contributed by atoms with Gasteiger partial charge in [-0.3, -0.25) is 9.59 Å². The zero-order valence-corrected chi connectivity index (χ0v) is 24.9. The Hall–Kier alpha value is -0.372. The third kappa shape index (κ3) is 8.48.